The number of carbonyl (C=O) groups is 1. The first-order chi connectivity index (χ1) is 7.22. The third-order valence-corrected chi connectivity index (χ3v) is 4.10. The Morgan fingerprint density at radius 1 is 1.20 bits per heavy atom. The van der Waals surface area contributed by atoms with Gasteiger partial charge in [-0.25, -0.2) is 0 Å². The molecular weight excluding hydrogens is 492 g/mol. The zero-order valence-electron chi connectivity index (χ0n) is 7.87. The number of rotatable bonds is 1. The van der Waals surface area contributed by atoms with Crippen LogP contribution in [-0.2, 0) is 29.2 Å². The minimum absolute atomic E-state index is 0.0479. The number of carbonyl (C=O) groups excluding carboxylic acids is 1. The SMILES string of the molecule is O=C([O][Hg])c1cc2ccccc2cc1I. The van der Waals surface area contributed by atoms with Crippen LogP contribution in [0.3, 0.4) is 0 Å². The molecule has 0 bridgehead atoms. The summed E-state index contributed by atoms with van der Waals surface area (Å²) in [7, 11) is 0. The standard InChI is InChI=1S/C11H7IO2.Hg/c12-10-6-8-4-2-1-3-7(8)5-9(10)11(13)14;/h1-6H,(H,13,14);/q;+1/p-1. The van der Waals surface area contributed by atoms with E-state index in [4.69, 9.17) is 2.64 Å². The predicted octanol–water partition coefficient (Wildman–Crippen LogP) is 3.06. The van der Waals surface area contributed by atoms with Gasteiger partial charge in [-0.1, -0.05) is 0 Å². The third kappa shape index (κ3) is 2.33. The van der Waals surface area contributed by atoms with Crippen LogP contribution in [0.15, 0.2) is 36.4 Å². The maximum absolute atomic E-state index is 11.5. The molecule has 15 heavy (non-hydrogen) atoms. The van der Waals surface area contributed by atoms with Gasteiger partial charge in [-0.05, 0) is 0 Å². The van der Waals surface area contributed by atoms with Crippen LogP contribution >= 0.6 is 22.6 Å². The number of halogens is 1. The van der Waals surface area contributed by atoms with E-state index < -0.39 is 0 Å². The van der Waals surface area contributed by atoms with E-state index in [1.54, 1.807) is 0 Å². The van der Waals surface area contributed by atoms with Gasteiger partial charge in [0.2, 0.25) is 0 Å². The van der Waals surface area contributed by atoms with E-state index in [0.717, 1.165) is 14.3 Å². The number of benzene rings is 2. The topological polar surface area (TPSA) is 26.3 Å². The average Bonchev–Trinajstić information content (AvgIpc) is 2.27. The molecule has 2 rings (SSSR count). The monoisotopic (exact) mass is 499 g/mol. The van der Waals surface area contributed by atoms with E-state index in [-0.39, 0.29) is 32.5 Å². The molecule has 2 aromatic carbocycles. The molecule has 0 radical (unpaired) electrons. The van der Waals surface area contributed by atoms with Crippen LogP contribution in [0.4, 0.5) is 0 Å². The van der Waals surface area contributed by atoms with Crippen LogP contribution in [-0.4, -0.2) is 5.97 Å². The number of hydrogen-bond donors (Lipinski definition) is 0. The molecular formula is C11H6HgIO2. The van der Waals surface area contributed by atoms with Crippen LogP contribution < -0.4 is 0 Å². The van der Waals surface area contributed by atoms with Crippen molar-refractivity contribution in [2.24, 2.45) is 0 Å². The molecule has 4 heteroatoms. The molecule has 0 aliphatic carbocycles. The van der Waals surface area contributed by atoms with E-state index >= 15 is 0 Å². The van der Waals surface area contributed by atoms with Crippen molar-refractivity contribution in [2.75, 3.05) is 0 Å². The van der Waals surface area contributed by atoms with Crippen molar-refractivity contribution in [3.05, 3.63) is 45.5 Å². The van der Waals surface area contributed by atoms with E-state index in [1.807, 2.05) is 36.4 Å². The quantitative estimate of drug-likeness (QED) is 0.447. The first-order valence-electron chi connectivity index (χ1n) is 4.37. The molecule has 0 aliphatic heterocycles. The summed E-state index contributed by atoms with van der Waals surface area (Å²) in [6, 6.07) is 11.9. The van der Waals surface area contributed by atoms with E-state index in [2.05, 4.69) is 22.6 Å². The van der Waals surface area contributed by atoms with Crippen LogP contribution in [0.2, 0.25) is 0 Å². The van der Waals surface area contributed by atoms with Crippen molar-refractivity contribution in [3.63, 3.8) is 0 Å². The molecule has 0 spiro atoms. The summed E-state index contributed by atoms with van der Waals surface area (Å²) < 4.78 is 5.86. The second-order valence-corrected chi connectivity index (χ2v) is 5.40. The molecule has 0 saturated heterocycles. The number of fused-ring (bicyclic) bond motifs is 1. The second kappa shape index (κ2) is 4.78. The Balaban J connectivity index is 2.67. The molecule has 2 nitrogen and oxygen atoms in total. The Morgan fingerprint density at radius 2 is 1.80 bits per heavy atom. The Hall–Kier alpha value is -0.165. The molecule has 0 N–H and O–H groups in total. The molecule has 0 saturated carbocycles. The second-order valence-electron chi connectivity index (χ2n) is 3.11. The van der Waals surface area contributed by atoms with Gasteiger partial charge in [0.25, 0.3) is 0 Å². The van der Waals surface area contributed by atoms with E-state index in [1.165, 1.54) is 0 Å². The Kier molecular flexibility index (Phi) is 3.61. The molecule has 0 heterocycles. The first kappa shape index (κ1) is 11.3. The van der Waals surface area contributed by atoms with Gasteiger partial charge in [0.15, 0.2) is 0 Å². The Labute approximate surface area is 118 Å². The molecule has 2 aromatic rings. The van der Waals surface area contributed by atoms with Crippen molar-refractivity contribution < 1.29 is 34.0 Å². The van der Waals surface area contributed by atoms with E-state index in [0.29, 0.717) is 5.56 Å². The zero-order valence-corrected chi connectivity index (χ0v) is 15.5. The zero-order chi connectivity index (χ0) is 10.8. The van der Waals surface area contributed by atoms with Gasteiger partial charge >= 0.3 is 119 Å². The fraction of sp³-hybridized carbons (Fsp3) is 0. The van der Waals surface area contributed by atoms with Crippen molar-refractivity contribution in [1.29, 1.82) is 0 Å². The minimum atomic E-state index is -0.200. The first-order valence-corrected chi connectivity index (χ1v) is 7.69. The van der Waals surface area contributed by atoms with Gasteiger partial charge in [-0.15, -0.1) is 0 Å². The van der Waals surface area contributed by atoms with Gasteiger partial charge < -0.3 is 0 Å². The van der Waals surface area contributed by atoms with Crippen molar-refractivity contribution in [2.45, 2.75) is 0 Å². The predicted molar refractivity (Wildman–Crippen MR) is 62.1 cm³/mol. The van der Waals surface area contributed by atoms with Crippen molar-refractivity contribution in [1.82, 2.24) is 0 Å². The molecule has 0 unspecified atom stereocenters. The van der Waals surface area contributed by atoms with Crippen LogP contribution in [0, 0.1) is 3.57 Å². The molecule has 0 aliphatic rings. The summed E-state index contributed by atoms with van der Waals surface area (Å²) in [6.45, 7) is 0. The van der Waals surface area contributed by atoms with Crippen molar-refractivity contribution >= 4 is 39.3 Å². The van der Waals surface area contributed by atoms with Gasteiger partial charge in [0.1, 0.15) is 0 Å². The number of hydrogen-bond acceptors (Lipinski definition) is 2. The summed E-state index contributed by atoms with van der Waals surface area (Å²) in [5, 5.41) is 2.23. The normalized spacial score (nSPS) is 10.3. The summed E-state index contributed by atoms with van der Waals surface area (Å²) in [4.78, 5) is 11.5. The fourth-order valence-electron chi connectivity index (χ4n) is 1.45. The Bertz CT molecular complexity index is 525. The average molecular weight is 498 g/mol. The van der Waals surface area contributed by atoms with Crippen LogP contribution in [0.1, 0.15) is 10.4 Å². The van der Waals surface area contributed by atoms with Crippen LogP contribution in [0.5, 0.6) is 0 Å². The van der Waals surface area contributed by atoms with Gasteiger partial charge in [-0.2, -0.15) is 0 Å². The molecule has 71 valence electrons. The van der Waals surface area contributed by atoms with Gasteiger partial charge in [-0.3, -0.25) is 0 Å². The molecule has 0 amide bonds. The molecule has 0 atom stereocenters. The van der Waals surface area contributed by atoms with Gasteiger partial charge in [0.05, 0.1) is 0 Å². The van der Waals surface area contributed by atoms with Gasteiger partial charge in [0, 0.05) is 0 Å². The molecule has 0 aromatic heterocycles. The maximum atomic E-state index is 11.5. The summed E-state index contributed by atoms with van der Waals surface area (Å²) in [5.74, 6) is -0.200. The van der Waals surface area contributed by atoms with E-state index in [9.17, 15) is 4.79 Å². The van der Waals surface area contributed by atoms with Crippen LogP contribution in [0.25, 0.3) is 10.8 Å². The third-order valence-electron chi connectivity index (χ3n) is 2.19. The fourth-order valence-corrected chi connectivity index (χ4v) is 2.76. The molecule has 0 fully saturated rings. The van der Waals surface area contributed by atoms with Crippen molar-refractivity contribution in [3.8, 4) is 0 Å². The Morgan fingerprint density at radius 3 is 2.40 bits per heavy atom. The summed E-state index contributed by atoms with van der Waals surface area (Å²) >= 11 is 2.22. The summed E-state index contributed by atoms with van der Waals surface area (Å²) in [6.07, 6.45) is 0. The summed E-state index contributed by atoms with van der Waals surface area (Å²) in [5.41, 5.74) is 0.671.